The third-order valence-corrected chi connectivity index (χ3v) is 2.44. The first kappa shape index (κ1) is 11.4. The van der Waals surface area contributed by atoms with Crippen LogP contribution in [0.5, 0.6) is 0 Å². The fourth-order valence-corrected chi connectivity index (χ4v) is 1.31. The molecule has 1 unspecified atom stereocenters. The minimum atomic E-state index is -1.28. The van der Waals surface area contributed by atoms with Crippen LogP contribution in [0.25, 0.3) is 0 Å². The maximum absolute atomic E-state index is 12.6. The zero-order chi connectivity index (χ0) is 11.5. The number of benzene rings is 1. The van der Waals surface area contributed by atoms with Crippen molar-refractivity contribution in [1.29, 1.82) is 0 Å². The molecule has 0 heterocycles. The Morgan fingerprint density at radius 3 is 2.40 bits per heavy atom. The minimum Gasteiger partial charge on any atom is -0.481 e. The van der Waals surface area contributed by atoms with Crippen LogP contribution in [0.1, 0.15) is 18.9 Å². The Kier molecular flexibility index (Phi) is 3.19. The van der Waals surface area contributed by atoms with Gasteiger partial charge in [-0.25, -0.2) is 4.39 Å². The quantitative estimate of drug-likeness (QED) is 0.770. The number of carbonyl (C=O) groups excluding carboxylic acids is 1. The highest BCUT2D eigenvalue weighted by atomic mass is 19.1. The van der Waals surface area contributed by atoms with Crippen LogP contribution in [-0.2, 0) is 15.0 Å². The molecule has 1 atom stereocenters. The molecular formula is C11H11FO3. The first-order valence-corrected chi connectivity index (χ1v) is 4.44. The van der Waals surface area contributed by atoms with Crippen LogP contribution in [0.3, 0.4) is 0 Å². The molecule has 0 fully saturated rings. The fourth-order valence-electron chi connectivity index (χ4n) is 1.31. The molecule has 0 saturated carbocycles. The lowest BCUT2D eigenvalue weighted by molar-refractivity contribution is -0.144. The summed E-state index contributed by atoms with van der Waals surface area (Å²) in [4.78, 5) is 21.5. The summed E-state index contributed by atoms with van der Waals surface area (Å²) < 4.78 is 12.6. The van der Waals surface area contributed by atoms with Crippen molar-refractivity contribution in [3.05, 3.63) is 35.6 Å². The Morgan fingerprint density at radius 2 is 2.00 bits per heavy atom. The van der Waals surface area contributed by atoms with Crippen LogP contribution in [-0.4, -0.2) is 17.4 Å². The minimum absolute atomic E-state index is 0.131. The number of hydrogen-bond acceptors (Lipinski definition) is 2. The fraction of sp³-hybridized carbons (Fsp3) is 0.273. The van der Waals surface area contributed by atoms with Crippen molar-refractivity contribution in [3.63, 3.8) is 0 Å². The molecular weight excluding hydrogens is 199 g/mol. The van der Waals surface area contributed by atoms with Crippen molar-refractivity contribution in [2.24, 2.45) is 0 Å². The highest BCUT2D eigenvalue weighted by Crippen LogP contribution is 2.27. The van der Waals surface area contributed by atoms with E-state index in [1.54, 1.807) is 0 Å². The van der Waals surface area contributed by atoms with Gasteiger partial charge in [-0.15, -0.1) is 0 Å². The van der Waals surface area contributed by atoms with Gasteiger partial charge in [-0.1, -0.05) is 12.1 Å². The van der Waals surface area contributed by atoms with Crippen LogP contribution in [0.15, 0.2) is 24.3 Å². The van der Waals surface area contributed by atoms with Gasteiger partial charge in [0.05, 0.1) is 5.41 Å². The predicted octanol–water partition coefficient (Wildman–Crippen LogP) is 1.76. The first-order valence-electron chi connectivity index (χ1n) is 4.44. The van der Waals surface area contributed by atoms with E-state index in [1.807, 2.05) is 0 Å². The maximum Gasteiger partial charge on any atom is 0.314 e. The smallest absolute Gasteiger partial charge is 0.314 e. The summed E-state index contributed by atoms with van der Waals surface area (Å²) in [5, 5.41) is 9.03. The lowest BCUT2D eigenvalue weighted by Crippen LogP contribution is -2.32. The standard InChI is InChI=1S/C11H11FO3/c1-11(6-7-13,10(14)15)8-2-4-9(12)5-3-8/h2-5,7H,6H2,1H3,(H,14,15). The Labute approximate surface area is 86.5 Å². The predicted molar refractivity (Wildman–Crippen MR) is 52.1 cm³/mol. The van der Waals surface area contributed by atoms with E-state index in [9.17, 15) is 14.0 Å². The number of aliphatic carboxylic acids is 1. The van der Waals surface area contributed by atoms with Crippen molar-refractivity contribution >= 4 is 12.3 Å². The number of carboxylic acid groups (broad SMARTS) is 1. The van der Waals surface area contributed by atoms with Gasteiger partial charge in [-0.2, -0.15) is 0 Å². The van der Waals surface area contributed by atoms with E-state index in [0.717, 1.165) is 0 Å². The Bertz CT molecular complexity index is 372. The second-order valence-corrected chi connectivity index (χ2v) is 3.51. The van der Waals surface area contributed by atoms with Crippen molar-refractivity contribution in [2.45, 2.75) is 18.8 Å². The second-order valence-electron chi connectivity index (χ2n) is 3.51. The third kappa shape index (κ3) is 2.21. The first-order chi connectivity index (χ1) is 7.00. The normalized spacial score (nSPS) is 14.3. The average Bonchev–Trinajstić information content (AvgIpc) is 2.18. The summed E-state index contributed by atoms with van der Waals surface area (Å²) in [7, 11) is 0. The molecule has 3 nitrogen and oxygen atoms in total. The van der Waals surface area contributed by atoms with Crippen molar-refractivity contribution in [2.75, 3.05) is 0 Å². The summed E-state index contributed by atoms with van der Waals surface area (Å²) >= 11 is 0. The molecule has 80 valence electrons. The monoisotopic (exact) mass is 210 g/mol. The van der Waals surface area contributed by atoms with E-state index in [4.69, 9.17) is 5.11 Å². The molecule has 1 aromatic carbocycles. The molecule has 0 saturated heterocycles. The Balaban J connectivity index is 3.14. The van der Waals surface area contributed by atoms with Gasteiger partial charge in [0, 0.05) is 6.42 Å². The summed E-state index contributed by atoms with van der Waals surface area (Å²) in [6.07, 6.45) is 0.422. The summed E-state index contributed by atoms with van der Waals surface area (Å²) in [5.74, 6) is -1.53. The van der Waals surface area contributed by atoms with Gasteiger partial charge in [0.1, 0.15) is 12.1 Å². The number of aldehydes is 1. The third-order valence-electron chi connectivity index (χ3n) is 2.44. The molecule has 15 heavy (non-hydrogen) atoms. The molecule has 1 aromatic rings. The highest BCUT2D eigenvalue weighted by molar-refractivity contribution is 5.83. The van der Waals surface area contributed by atoms with Crippen LogP contribution in [0, 0.1) is 5.82 Å². The zero-order valence-electron chi connectivity index (χ0n) is 8.24. The molecule has 1 rings (SSSR count). The number of halogens is 1. The van der Waals surface area contributed by atoms with Gasteiger partial charge >= 0.3 is 5.97 Å². The Morgan fingerprint density at radius 1 is 1.47 bits per heavy atom. The number of carbonyl (C=O) groups is 2. The van der Waals surface area contributed by atoms with Gasteiger partial charge < -0.3 is 9.90 Å². The van der Waals surface area contributed by atoms with Crippen LogP contribution < -0.4 is 0 Å². The SMILES string of the molecule is CC(CC=O)(C(=O)O)c1ccc(F)cc1. The van der Waals surface area contributed by atoms with E-state index >= 15 is 0 Å². The molecule has 0 aliphatic rings. The maximum atomic E-state index is 12.6. The van der Waals surface area contributed by atoms with E-state index in [-0.39, 0.29) is 6.42 Å². The topological polar surface area (TPSA) is 54.4 Å². The van der Waals surface area contributed by atoms with Gasteiger partial charge in [0.15, 0.2) is 0 Å². The molecule has 0 amide bonds. The molecule has 0 aliphatic carbocycles. The molecule has 0 aromatic heterocycles. The Hall–Kier alpha value is -1.71. The van der Waals surface area contributed by atoms with E-state index in [2.05, 4.69) is 0 Å². The number of rotatable bonds is 4. The summed E-state index contributed by atoms with van der Waals surface area (Å²) in [5.41, 5.74) is -0.862. The number of hydrogen-bond donors (Lipinski definition) is 1. The molecule has 0 spiro atoms. The second kappa shape index (κ2) is 4.21. The van der Waals surface area contributed by atoms with E-state index in [1.165, 1.54) is 31.2 Å². The van der Waals surface area contributed by atoms with Gasteiger partial charge in [0.2, 0.25) is 0 Å². The van der Waals surface area contributed by atoms with Crippen LogP contribution in [0.4, 0.5) is 4.39 Å². The largest absolute Gasteiger partial charge is 0.481 e. The van der Waals surface area contributed by atoms with E-state index < -0.39 is 17.2 Å². The number of carboxylic acids is 1. The van der Waals surface area contributed by atoms with Gasteiger partial charge in [0.25, 0.3) is 0 Å². The summed E-state index contributed by atoms with van der Waals surface area (Å²) in [6.45, 7) is 1.44. The van der Waals surface area contributed by atoms with Crippen LogP contribution in [0.2, 0.25) is 0 Å². The molecule has 0 bridgehead atoms. The summed E-state index contributed by atoms with van der Waals surface area (Å²) in [6, 6.07) is 5.13. The van der Waals surface area contributed by atoms with Gasteiger partial charge in [-0.3, -0.25) is 4.79 Å². The average molecular weight is 210 g/mol. The van der Waals surface area contributed by atoms with Gasteiger partial charge in [-0.05, 0) is 24.6 Å². The lowest BCUT2D eigenvalue weighted by atomic mass is 9.80. The molecule has 4 heteroatoms. The van der Waals surface area contributed by atoms with Crippen LogP contribution >= 0.6 is 0 Å². The molecule has 0 radical (unpaired) electrons. The molecule has 0 aliphatic heterocycles. The lowest BCUT2D eigenvalue weighted by Gasteiger charge is -2.22. The van der Waals surface area contributed by atoms with Crippen molar-refractivity contribution < 1.29 is 19.1 Å². The highest BCUT2D eigenvalue weighted by Gasteiger charge is 2.34. The zero-order valence-corrected chi connectivity index (χ0v) is 8.24. The van der Waals surface area contributed by atoms with E-state index in [0.29, 0.717) is 11.8 Å². The van der Waals surface area contributed by atoms with Crippen molar-refractivity contribution in [3.8, 4) is 0 Å². The molecule has 1 N–H and O–H groups in total. The van der Waals surface area contributed by atoms with Crippen molar-refractivity contribution in [1.82, 2.24) is 0 Å².